The van der Waals surface area contributed by atoms with E-state index in [0.717, 1.165) is 57.4 Å². The van der Waals surface area contributed by atoms with Crippen molar-refractivity contribution in [2.45, 2.75) is 39.0 Å². The number of piperidine rings is 1. The maximum atomic E-state index is 12.7. The normalized spacial score (nSPS) is 18.1. The standard InChI is InChI=1S/C19H27N3O2.ClH/c1-14-4-5-16(20)13-17(14)19(24)22-10-6-15(7-11-22)12-18(23)21-8-2-3-9-21;/h4-5,13,15H,2-3,6-12,20H2,1H3;1H. The number of nitrogens with zero attached hydrogens (tertiary/aromatic N) is 2. The van der Waals surface area contributed by atoms with Crippen molar-refractivity contribution in [2.24, 2.45) is 5.92 Å². The molecule has 0 unspecified atom stereocenters. The Kier molecular flexibility index (Phi) is 6.71. The number of rotatable bonds is 3. The molecule has 138 valence electrons. The van der Waals surface area contributed by atoms with Crippen LogP contribution >= 0.6 is 12.4 Å². The zero-order valence-corrected chi connectivity index (χ0v) is 15.7. The predicted octanol–water partition coefficient (Wildman–Crippen LogP) is 2.86. The van der Waals surface area contributed by atoms with E-state index in [1.165, 1.54) is 0 Å². The van der Waals surface area contributed by atoms with E-state index in [1.807, 2.05) is 28.9 Å². The highest BCUT2D eigenvalue weighted by molar-refractivity contribution is 5.96. The van der Waals surface area contributed by atoms with Crippen molar-refractivity contribution in [3.63, 3.8) is 0 Å². The van der Waals surface area contributed by atoms with Gasteiger partial charge in [0, 0.05) is 43.9 Å². The number of carbonyl (C=O) groups is 2. The minimum Gasteiger partial charge on any atom is -0.399 e. The van der Waals surface area contributed by atoms with E-state index in [0.29, 0.717) is 29.5 Å². The molecular formula is C19H28ClN3O2. The number of nitrogen functional groups attached to an aromatic ring is 1. The van der Waals surface area contributed by atoms with Crippen LogP contribution in [0.15, 0.2) is 18.2 Å². The molecule has 0 atom stereocenters. The van der Waals surface area contributed by atoms with Crippen LogP contribution in [-0.2, 0) is 4.79 Å². The van der Waals surface area contributed by atoms with Gasteiger partial charge in [0.2, 0.25) is 5.91 Å². The van der Waals surface area contributed by atoms with Gasteiger partial charge < -0.3 is 15.5 Å². The Morgan fingerprint density at radius 1 is 1.08 bits per heavy atom. The van der Waals surface area contributed by atoms with E-state index >= 15 is 0 Å². The molecule has 2 saturated heterocycles. The summed E-state index contributed by atoms with van der Waals surface area (Å²) in [5.41, 5.74) is 8.09. The predicted molar refractivity (Wildman–Crippen MR) is 102 cm³/mol. The van der Waals surface area contributed by atoms with Gasteiger partial charge in [-0.05, 0) is 56.2 Å². The van der Waals surface area contributed by atoms with E-state index in [1.54, 1.807) is 6.07 Å². The summed E-state index contributed by atoms with van der Waals surface area (Å²) in [5.74, 6) is 0.761. The minimum absolute atomic E-state index is 0. The number of aryl methyl sites for hydroxylation is 1. The van der Waals surface area contributed by atoms with Gasteiger partial charge in [-0.3, -0.25) is 9.59 Å². The number of anilines is 1. The molecule has 1 aromatic rings. The van der Waals surface area contributed by atoms with Gasteiger partial charge in [-0.2, -0.15) is 0 Å². The topological polar surface area (TPSA) is 66.6 Å². The van der Waals surface area contributed by atoms with E-state index in [9.17, 15) is 9.59 Å². The fraction of sp³-hybridized carbons (Fsp3) is 0.579. The van der Waals surface area contributed by atoms with Crippen molar-refractivity contribution in [2.75, 3.05) is 31.9 Å². The number of hydrogen-bond acceptors (Lipinski definition) is 3. The second-order valence-electron chi connectivity index (χ2n) is 7.10. The fourth-order valence-electron chi connectivity index (χ4n) is 3.72. The van der Waals surface area contributed by atoms with Gasteiger partial charge in [0.05, 0.1) is 0 Å². The average Bonchev–Trinajstić information content (AvgIpc) is 3.12. The van der Waals surface area contributed by atoms with Crippen LogP contribution in [-0.4, -0.2) is 47.8 Å². The third kappa shape index (κ3) is 4.66. The second-order valence-corrected chi connectivity index (χ2v) is 7.10. The van der Waals surface area contributed by atoms with Gasteiger partial charge in [0.25, 0.3) is 5.91 Å². The number of benzene rings is 1. The quantitative estimate of drug-likeness (QED) is 0.837. The summed E-state index contributed by atoms with van der Waals surface area (Å²) in [7, 11) is 0. The van der Waals surface area contributed by atoms with Gasteiger partial charge in [0.1, 0.15) is 0 Å². The number of amides is 2. The Balaban J connectivity index is 0.00000225. The molecule has 5 nitrogen and oxygen atoms in total. The van der Waals surface area contributed by atoms with Crippen molar-refractivity contribution in [3.8, 4) is 0 Å². The molecule has 0 bridgehead atoms. The van der Waals surface area contributed by atoms with Gasteiger partial charge in [-0.15, -0.1) is 12.4 Å². The largest absolute Gasteiger partial charge is 0.399 e. The summed E-state index contributed by atoms with van der Waals surface area (Å²) in [6.07, 6.45) is 4.73. The monoisotopic (exact) mass is 365 g/mol. The molecule has 0 spiro atoms. The summed E-state index contributed by atoms with van der Waals surface area (Å²) in [6.45, 7) is 5.24. The van der Waals surface area contributed by atoms with Crippen LogP contribution in [0.3, 0.4) is 0 Å². The van der Waals surface area contributed by atoms with Crippen LogP contribution in [0.4, 0.5) is 5.69 Å². The molecule has 0 aromatic heterocycles. The van der Waals surface area contributed by atoms with Gasteiger partial charge in [0.15, 0.2) is 0 Å². The highest BCUT2D eigenvalue weighted by atomic mass is 35.5. The lowest BCUT2D eigenvalue weighted by Crippen LogP contribution is -2.40. The summed E-state index contributed by atoms with van der Waals surface area (Å²) in [4.78, 5) is 28.9. The Hall–Kier alpha value is -1.75. The molecule has 25 heavy (non-hydrogen) atoms. The van der Waals surface area contributed by atoms with Gasteiger partial charge in [-0.25, -0.2) is 0 Å². The van der Waals surface area contributed by atoms with Crippen LogP contribution in [0.2, 0.25) is 0 Å². The third-order valence-electron chi connectivity index (χ3n) is 5.32. The summed E-state index contributed by atoms with van der Waals surface area (Å²) < 4.78 is 0. The summed E-state index contributed by atoms with van der Waals surface area (Å²) >= 11 is 0. The van der Waals surface area contributed by atoms with Crippen LogP contribution in [0.25, 0.3) is 0 Å². The first-order valence-electron chi connectivity index (χ1n) is 8.98. The molecule has 6 heteroatoms. The van der Waals surface area contributed by atoms with E-state index in [4.69, 9.17) is 5.73 Å². The molecule has 3 rings (SSSR count). The van der Waals surface area contributed by atoms with Crippen LogP contribution in [0, 0.1) is 12.8 Å². The lowest BCUT2D eigenvalue weighted by Gasteiger charge is -2.32. The zero-order chi connectivity index (χ0) is 17.1. The first-order valence-corrected chi connectivity index (χ1v) is 8.98. The molecule has 1 aromatic carbocycles. The fourth-order valence-corrected chi connectivity index (χ4v) is 3.72. The molecule has 2 aliphatic rings. The summed E-state index contributed by atoms with van der Waals surface area (Å²) in [6, 6.07) is 5.48. The van der Waals surface area contributed by atoms with Gasteiger partial charge in [-0.1, -0.05) is 6.07 Å². The maximum Gasteiger partial charge on any atom is 0.254 e. The Morgan fingerprint density at radius 3 is 2.36 bits per heavy atom. The van der Waals surface area contributed by atoms with Crippen molar-refractivity contribution in [3.05, 3.63) is 29.3 Å². The van der Waals surface area contributed by atoms with Crippen molar-refractivity contribution in [1.29, 1.82) is 0 Å². The Morgan fingerprint density at radius 2 is 1.72 bits per heavy atom. The molecule has 2 amide bonds. The maximum absolute atomic E-state index is 12.7. The number of halogens is 1. The number of likely N-dealkylation sites (tertiary alicyclic amines) is 2. The minimum atomic E-state index is 0. The van der Waals surface area contributed by atoms with Crippen LogP contribution in [0.5, 0.6) is 0 Å². The van der Waals surface area contributed by atoms with Crippen LogP contribution in [0.1, 0.15) is 48.0 Å². The molecule has 0 saturated carbocycles. The van der Waals surface area contributed by atoms with E-state index in [-0.39, 0.29) is 18.3 Å². The average molecular weight is 366 g/mol. The molecule has 0 radical (unpaired) electrons. The lowest BCUT2D eigenvalue weighted by molar-refractivity contribution is -0.131. The van der Waals surface area contributed by atoms with E-state index < -0.39 is 0 Å². The van der Waals surface area contributed by atoms with Crippen LogP contribution < -0.4 is 5.73 Å². The SMILES string of the molecule is Cc1ccc(N)cc1C(=O)N1CCC(CC(=O)N2CCCC2)CC1.Cl. The van der Waals surface area contributed by atoms with Crippen molar-refractivity contribution < 1.29 is 9.59 Å². The third-order valence-corrected chi connectivity index (χ3v) is 5.32. The molecule has 2 heterocycles. The van der Waals surface area contributed by atoms with Crippen molar-refractivity contribution in [1.82, 2.24) is 9.80 Å². The number of hydrogen-bond donors (Lipinski definition) is 1. The smallest absolute Gasteiger partial charge is 0.254 e. The molecule has 0 aliphatic carbocycles. The van der Waals surface area contributed by atoms with Crippen molar-refractivity contribution >= 4 is 29.9 Å². The summed E-state index contributed by atoms with van der Waals surface area (Å²) in [5, 5.41) is 0. The number of carbonyl (C=O) groups excluding carboxylic acids is 2. The molecule has 2 fully saturated rings. The number of nitrogens with two attached hydrogens (primary N) is 1. The molecule has 2 N–H and O–H groups in total. The lowest BCUT2D eigenvalue weighted by atomic mass is 9.92. The Labute approximate surface area is 155 Å². The highest BCUT2D eigenvalue weighted by Crippen LogP contribution is 2.24. The first-order chi connectivity index (χ1) is 11.5. The first kappa shape index (κ1) is 19.6. The highest BCUT2D eigenvalue weighted by Gasteiger charge is 2.27. The Bertz CT molecular complexity index is 621. The molecular weight excluding hydrogens is 338 g/mol. The zero-order valence-electron chi connectivity index (χ0n) is 14.9. The van der Waals surface area contributed by atoms with E-state index in [2.05, 4.69) is 0 Å². The molecule has 2 aliphatic heterocycles. The van der Waals surface area contributed by atoms with Gasteiger partial charge >= 0.3 is 0 Å². The second kappa shape index (κ2) is 8.56.